The van der Waals surface area contributed by atoms with Crippen LogP contribution in [-0.2, 0) is 0 Å². The van der Waals surface area contributed by atoms with Crippen LogP contribution in [0, 0.1) is 0 Å². The van der Waals surface area contributed by atoms with E-state index in [0.29, 0.717) is 11.6 Å². The van der Waals surface area contributed by atoms with Gasteiger partial charge in [-0.05, 0) is 38.4 Å². The van der Waals surface area contributed by atoms with Crippen molar-refractivity contribution in [1.29, 1.82) is 0 Å². The summed E-state index contributed by atoms with van der Waals surface area (Å²) in [5.74, 6) is -0.0112. The predicted molar refractivity (Wildman–Crippen MR) is 62.2 cm³/mol. The molecule has 16 heavy (non-hydrogen) atoms. The molecule has 4 nitrogen and oxygen atoms in total. The van der Waals surface area contributed by atoms with E-state index in [4.69, 9.17) is 0 Å². The summed E-state index contributed by atoms with van der Waals surface area (Å²) in [6.07, 6.45) is 5.44. The molecular weight excluding hydrogens is 202 g/mol. The molecule has 1 aliphatic rings. The molecule has 0 aromatic carbocycles. The highest BCUT2D eigenvalue weighted by Gasteiger charge is 2.22. The van der Waals surface area contributed by atoms with Gasteiger partial charge in [0.2, 0.25) is 0 Å². The van der Waals surface area contributed by atoms with Crippen molar-refractivity contribution in [2.75, 3.05) is 6.54 Å². The maximum Gasteiger partial charge on any atom is 0.251 e. The number of hydrogen-bond donors (Lipinski definition) is 2. The Morgan fingerprint density at radius 1 is 1.50 bits per heavy atom. The molecule has 4 heteroatoms. The second kappa shape index (κ2) is 5.07. The quantitative estimate of drug-likeness (QED) is 0.778. The second-order valence-electron chi connectivity index (χ2n) is 4.20. The molecule has 1 amide bonds. The molecule has 0 spiro atoms. The van der Waals surface area contributed by atoms with E-state index >= 15 is 0 Å². The number of nitrogens with zero attached hydrogens (tertiary/aromatic N) is 1. The standard InChI is InChI=1S/C12H17N3O/c1-9-11(3-2-6-14-9)15-12(16)10-4-7-13-8-5-10/h4-5,7-9,11,14H,2-3,6H2,1H3,(H,15,16). The molecular formula is C12H17N3O. The fraction of sp³-hybridized carbons (Fsp3) is 0.500. The SMILES string of the molecule is CC1NCCCC1NC(=O)c1ccncc1. The summed E-state index contributed by atoms with van der Waals surface area (Å²) in [6.45, 7) is 3.15. The van der Waals surface area contributed by atoms with Crippen molar-refractivity contribution in [3.63, 3.8) is 0 Å². The van der Waals surface area contributed by atoms with E-state index in [1.807, 2.05) is 0 Å². The Balaban J connectivity index is 1.96. The first-order valence-electron chi connectivity index (χ1n) is 5.71. The number of pyridine rings is 1. The van der Waals surface area contributed by atoms with Crippen molar-refractivity contribution in [1.82, 2.24) is 15.6 Å². The summed E-state index contributed by atoms with van der Waals surface area (Å²) in [7, 11) is 0. The van der Waals surface area contributed by atoms with Gasteiger partial charge in [0, 0.05) is 30.0 Å². The topological polar surface area (TPSA) is 54.0 Å². The second-order valence-corrected chi connectivity index (χ2v) is 4.20. The van der Waals surface area contributed by atoms with Gasteiger partial charge in [-0.1, -0.05) is 0 Å². The van der Waals surface area contributed by atoms with Crippen LogP contribution in [0.2, 0.25) is 0 Å². The fourth-order valence-corrected chi connectivity index (χ4v) is 2.00. The molecule has 0 saturated carbocycles. The Hall–Kier alpha value is -1.42. The number of piperidine rings is 1. The maximum absolute atomic E-state index is 11.9. The van der Waals surface area contributed by atoms with Crippen molar-refractivity contribution in [3.05, 3.63) is 30.1 Å². The monoisotopic (exact) mass is 219 g/mol. The predicted octanol–water partition coefficient (Wildman–Crippen LogP) is 0.952. The Labute approximate surface area is 95.5 Å². The fourth-order valence-electron chi connectivity index (χ4n) is 2.00. The van der Waals surface area contributed by atoms with Gasteiger partial charge in [0.05, 0.1) is 0 Å². The zero-order valence-corrected chi connectivity index (χ0v) is 9.44. The number of carbonyl (C=O) groups is 1. The van der Waals surface area contributed by atoms with Gasteiger partial charge in [-0.15, -0.1) is 0 Å². The normalized spacial score (nSPS) is 25.1. The van der Waals surface area contributed by atoms with Gasteiger partial charge in [-0.2, -0.15) is 0 Å². The highest BCUT2D eigenvalue weighted by atomic mass is 16.1. The third-order valence-corrected chi connectivity index (χ3v) is 3.02. The van der Waals surface area contributed by atoms with E-state index in [-0.39, 0.29) is 11.9 Å². The van der Waals surface area contributed by atoms with Gasteiger partial charge in [0.25, 0.3) is 5.91 Å². The van der Waals surface area contributed by atoms with Crippen LogP contribution in [0.5, 0.6) is 0 Å². The Morgan fingerprint density at radius 2 is 2.25 bits per heavy atom. The molecule has 0 aliphatic carbocycles. The smallest absolute Gasteiger partial charge is 0.251 e. The van der Waals surface area contributed by atoms with Gasteiger partial charge in [0.15, 0.2) is 0 Å². The van der Waals surface area contributed by atoms with E-state index in [2.05, 4.69) is 22.5 Å². The minimum Gasteiger partial charge on any atom is -0.348 e. The summed E-state index contributed by atoms with van der Waals surface area (Å²) in [5.41, 5.74) is 0.674. The van der Waals surface area contributed by atoms with Gasteiger partial charge in [0.1, 0.15) is 0 Å². The molecule has 86 valence electrons. The third-order valence-electron chi connectivity index (χ3n) is 3.02. The molecule has 2 atom stereocenters. The number of rotatable bonds is 2. The van der Waals surface area contributed by atoms with Gasteiger partial charge in [-0.3, -0.25) is 9.78 Å². The minimum absolute atomic E-state index is 0.0112. The molecule has 0 radical (unpaired) electrons. The number of amides is 1. The van der Waals surface area contributed by atoms with E-state index in [1.165, 1.54) is 0 Å². The van der Waals surface area contributed by atoms with Gasteiger partial charge >= 0.3 is 0 Å². The number of aromatic nitrogens is 1. The van der Waals surface area contributed by atoms with E-state index in [1.54, 1.807) is 24.5 Å². The van der Waals surface area contributed by atoms with Crippen molar-refractivity contribution >= 4 is 5.91 Å². The molecule has 2 rings (SSSR count). The highest BCUT2D eigenvalue weighted by molar-refractivity contribution is 5.94. The summed E-state index contributed by atoms with van der Waals surface area (Å²) < 4.78 is 0. The number of nitrogens with one attached hydrogen (secondary N) is 2. The lowest BCUT2D eigenvalue weighted by molar-refractivity contribution is 0.0919. The summed E-state index contributed by atoms with van der Waals surface area (Å²) in [4.78, 5) is 15.8. The van der Waals surface area contributed by atoms with Crippen LogP contribution in [0.4, 0.5) is 0 Å². The lowest BCUT2D eigenvalue weighted by atomic mass is 9.99. The largest absolute Gasteiger partial charge is 0.348 e. The van der Waals surface area contributed by atoms with Gasteiger partial charge < -0.3 is 10.6 Å². The first-order chi connectivity index (χ1) is 7.77. The summed E-state index contributed by atoms with van der Waals surface area (Å²) >= 11 is 0. The molecule has 1 saturated heterocycles. The third kappa shape index (κ3) is 2.58. The van der Waals surface area contributed by atoms with Crippen LogP contribution in [0.15, 0.2) is 24.5 Å². The molecule has 1 aliphatic heterocycles. The van der Waals surface area contributed by atoms with Crippen LogP contribution in [0.25, 0.3) is 0 Å². The summed E-state index contributed by atoms with van der Waals surface area (Å²) in [5, 5.41) is 6.42. The lowest BCUT2D eigenvalue weighted by Crippen LogP contribution is -2.51. The first-order valence-corrected chi connectivity index (χ1v) is 5.71. The van der Waals surface area contributed by atoms with Crippen molar-refractivity contribution in [2.45, 2.75) is 31.8 Å². The van der Waals surface area contributed by atoms with Crippen molar-refractivity contribution < 1.29 is 4.79 Å². The molecule has 1 fully saturated rings. The van der Waals surface area contributed by atoms with Crippen LogP contribution < -0.4 is 10.6 Å². The van der Waals surface area contributed by atoms with Crippen LogP contribution >= 0.6 is 0 Å². The van der Waals surface area contributed by atoms with E-state index in [0.717, 1.165) is 19.4 Å². The minimum atomic E-state index is -0.0112. The molecule has 2 N–H and O–H groups in total. The van der Waals surface area contributed by atoms with Crippen molar-refractivity contribution in [2.24, 2.45) is 0 Å². The first kappa shape index (κ1) is 11.1. The average Bonchev–Trinajstić information content (AvgIpc) is 2.33. The zero-order chi connectivity index (χ0) is 11.4. The molecule has 0 bridgehead atoms. The average molecular weight is 219 g/mol. The lowest BCUT2D eigenvalue weighted by Gasteiger charge is -2.30. The number of carbonyl (C=O) groups excluding carboxylic acids is 1. The highest BCUT2D eigenvalue weighted by Crippen LogP contribution is 2.09. The molecule has 1 aromatic rings. The number of hydrogen-bond acceptors (Lipinski definition) is 3. The Kier molecular flexibility index (Phi) is 3.51. The van der Waals surface area contributed by atoms with Crippen molar-refractivity contribution in [3.8, 4) is 0 Å². The molecule has 2 heterocycles. The van der Waals surface area contributed by atoms with Crippen LogP contribution in [-0.4, -0.2) is 29.5 Å². The van der Waals surface area contributed by atoms with E-state index < -0.39 is 0 Å². The van der Waals surface area contributed by atoms with Crippen LogP contribution in [0.3, 0.4) is 0 Å². The molecule has 2 unspecified atom stereocenters. The van der Waals surface area contributed by atoms with Crippen LogP contribution in [0.1, 0.15) is 30.1 Å². The van der Waals surface area contributed by atoms with E-state index in [9.17, 15) is 4.79 Å². The Bertz CT molecular complexity index is 353. The van der Waals surface area contributed by atoms with Gasteiger partial charge in [-0.25, -0.2) is 0 Å². The molecule has 1 aromatic heterocycles. The maximum atomic E-state index is 11.9. The zero-order valence-electron chi connectivity index (χ0n) is 9.44. The Morgan fingerprint density at radius 3 is 2.94 bits per heavy atom. The summed E-state index contributed by atoms with van der Waals surface area (Å²) in [6, 6.07) is 4.04.